The van der Waals surface area contributed by atoms with Gasteiger partial charge in [-0.3, -0.25) is 4.79 Å². The molecular weight excluding hydrogens is 250 g/mol. The molecular formula is C8H8ClN5OS. The molecule has 2 heterocycles. The predicted molar refractivity (Wildman–Crippen MR) is 59.3 cm³/mol. The van der Waals surface area contributed by atoms with E-state index in [1.807, 2.05) is 0 Å². The fourth-order valence-electron chi connectivity index (χ4n) is 1.14. The van der Waals surface area contributed by atoms with Gasteiger partial charge in [0.15, 0.2) is 0 Å². The van der Waals surface area contributed by atoms with Crippen molar-refractivity contribution in [3.8, 4) is 0 Å². The molecule has 0 aliphatic heterocycles. The maximum atomic E-state index is 11.8. The minimum absolute atomic E-state index is 0.221. The number of aromatic nitrogens is 4. The summed E-state index contributed by atoms with van der Waals surface area (Å²) in [6.07, 6.45) is 3.34. The van der Waals surface area contributed by atoms with Gasteiger partial charge >= 0.3 is 0 Å². The Morgan fingerprint density at radius 2 is 2.44 bits per heavy atom. The van der Waals surface area contributed by atoms with Gasteiger partial charge in [0, 0.05) is 19.4 Å². The topological polar surface area (TPSA) is 74.8 Å². The summed E-state index contributed by atoms with van der Waals surface area (Å²) in [5.74, 6) is 0.493. The first-order valence-electron chi connectivity index (χ1n) is 4.39. The zero-order valence-electron chi connectivity index (χ0n) is 8.35. The van der Waals surface area contributed by atoms with E-state index in [4.69, 9.17) is 11.6 Å². The Labute approximate surface area is 100 Å². The number of aromatic amines is 1. The third-order valence-electron chi connectivity index (χ3n) is 1.87. The summed E-state index contributed by atoms with van der Waals surface area (Å²) in [5, 5.41) is 7.54. The van der Waals surface area contributed by atoms with Crippen molar-refractivity contribution < 1.29 is 4.79 Å². The van der Waals surface area contributed by atoms with Crippen molar-refractivity contribution in [1.82, 2.24) is 25.1 Å². The van der Waals surface area contributed by atoms with E-state index >= 15 is 0 Å². The summed E-state index contributed by atoms with van der Waals surface area (Å²) < 4.78 is 0.259. The van der Waals surface area contributed by atoms with Crippen LogP contribution in [0, 0.1) is 0 Å². The number of amides is 1. The van der Waals surface area contributed by atoms with Gasteiger partial charge in [-0.15, -0.1) is 10.2 Å². The van der Waals surface area contributed by atoms with E-state index in [1.54, 1.807) is 19.4 Å². The van der Waals surface area contributed by atoms with Gasteiger partial charge in [0.05, 0.1) is 6.54 Å². The molecule has 1 amide bonds. The first-order valence-corrected chi connectivity index (χ1v) is 5.59. The van der Waals surface area contributed by atoms with Gasteiger partial charge in [-0.25, -0.2) is 4.98 Å². The Hall–Kier alpha value is -1.47. The Bertz CT molecular complexity index is 482. The number of nitrogens with zero attached hydrogens (tertiary/aromatic N) is 4. The van der Waals surface area contributed by atoms with Crippen LogP contribution in [0.2, 0.25) is 4.47 Å². The molecule has 0 aliphatic carbocycles. The minimum atomic E-state index is -0.221. The molecule has 0 atom stereocenters. The maximum Gasteiger partial charge on any atom is 0.285 e. The van der Waals surface area contributed by atoms with Gasteiger partial charge < -0.3 is 9.88 Å². The van der Waals surface area contributed by atoms with Gasteiger partial charge in [-0.1, -0.05) is 11.3 Å². The van der Waals surface area contributed by atoms with E-state index in [0.717, 1.165) is 11.3 Å². The Morgan fingerprint density at radius 3 is 3.00 bits per heavy atom. The molecule has 2 aromatic heterocycles. The number of hydrogen-bond donors (Lipinski definition) is 1. The second-order valence-electron chi connectivity index (χ2n) is 3.06. The van der Waals surface area contributed by atoms with Crippen molar-refractivity contribution in [3.63, 3.8) is 0 Å². The van der Waals surface area contributed by atoms with Crippen LogP contribution in [0.25, 0.3) is 0 Å². The molecule has 0 fully saturated rings. The number of halogens is 1. The number of carbonyl (C=O) groups excluding carboxylic acids is 1. The molecule has 6 nitrogen and oxygen atoms in total. The first kappa shape index (κ1) is 11.0. The largest absolute Gasteiger partial charge is 0.347 e. The highest BCUT2D eigenvalue weighted by Gasteiger charge is 2.17. The van der Waals surface area contributed by atoms with Gasteiger partial charge in [-0.05, 0) is 11.6 Å². The molecule has 0 aliphatic rings. The van der Waals surface area contributed by atoms with Crippen LogP contribution < -0.4 is 0 Å². The van der Waals surface area contributed by atoms with Crippen LogP contribution >= 0.6 is 22.9 Å². The number of hydrogen-bond acceptors (Lipinski definition) is 5. The van der Waals surface area contributed by atoms with E-state index in [0.29, 0.717) is 12.4 Å². The second kappa shape index (κ2) is 4.58. The van der Waals surface area contributed by atoms with E-state index in [2.05, 4.69) is 20.2 Å². The zero-order valence-corrected chi connectivity index (χ0v) is 9.92. The van der Waals surface area contributed by atoms with Crippen molar-refractivity contribution in [3.05, 3.63) is 27.7 Å². The number of nitrogens with one attached hydrogen (secondary N) is 1. The third-order valence-corrected chi connectivity index (χ3v) is 2.88. The SMILES string of the molecule is CN(Cc1ncc[nH]1)C(=O)c1nnc(Cl)s1. The highest BCUT2D eigenvalue weighted by atomic mass is 35.5. The summed E-state index contributed by atoms with van der Waals surface area (Å²) in [4.78, 5) is 20.3. The molecule has 0 unspecified atom stereocenters. The molecule has 0 saturated carbocycles. The molecule has 84 valence electrons. The molecule has 0 bridgehead atoms. The van der Waals surface area contributed by atoms with E-state index in [1.165, 1.54) is 4.90 Å². The Kier molecular flexibility index (Phi) is 3.16. The lowest BCUT2D eigenvalue weighted by Gasteiger charge is -2.13. The predicted octanol–water partition coefficient (Wildman–Crippen LogP) is 1.19. The minimum Gasteiger partial charge on any atom is -0.347 e. The second-order valence-corrected chi connectivity index (χ2v) is 4.62. The van der Waals surface area contributed by atoms with Gasteiger partial charge in [0.2, 0.25) is 9.47 Å². The van der Waals surface area contributed by atoms with Crippen LogP contribution in [0.4, 0.5) is 0 Å². The summed E-state index contributed by atoms with van der Waals surface area (Å²) in [6, 6.07) is 0. The first-order chi connectivity index (χ1) is 7.66. The number of imidazole rings is 1. The average molecular weight is 258 g/mol. The molecule has 0 spiro atoms. The lowest BCUT2D eigenvalue weighted by Crippen LogP contribution is -2.26. The van der Waals surface area contributed by atoms with E-state index in [9.17, 15) is 4.79 Å². The monoisotopic (exact) mass is 257 g/mol. The number of H-pyrrole nitrogens is 1. The molecule has 0 aromatic carbocycles. The number of rotatable bonds is 3. The van der Waals surface area contributed by atoms with Crippen LogP contribution in [-0.2, 0) is 6.54 Å². The molecule has 8 heteroatoms. The van der Waals surface area contributed by atoms with Crippen LogP contribution in [-0.4, -0.2) is 38.0 Å². The fourth-order valence-corrected chi connectivity index (χ4v) is 1.96. The summed E-state index contributed by atoms with van der Waals surface area (Å²) >= 11 is 6.67. The molecule has 16 heavy (non-hydrogen) atoms. The lowest BCUT2D eigenvalue weighted by atomic mass is 10.5. The Balaban J connectivity index is 2.05. The van der Waals surface area contributed by atoms with E-state index in [-0.39, 0.29) is 15.4 Å². The quantitative estimate of drug-likeness (QED) is 0.896. The molecule has 0 radical (unpaired) electrons. The standard InChI is InChI=1S/C8H8ClN5OS/c1-14(4-5-10-2-3-11-5)7(15)6-12-13-8(9)16-6/h2-3H,4H2,1H3,(H,10,11). The normalized spacial score (nSPS) is 10.4. The van der Waals surface area contributed by atoms with Crippen molar-refractivity contribution in [2.24, 2.45) is 0 Å². The van der Waals surface area contributed by atoms with Crippen LogP contribution in [0.3, 0.4) is 0 Å². The summed E-state index contributed by atoms with van der Waals surface area (Å²) in [7, 11) is 1.67. The van der Waals surface area contributed by atoms with Crippen molar-refractivity contribution in [2.45, 2.75) is 6.54 Å². The molecule has 0 saturated heterocycles. The molecule has 2 rings (SSSR count). The van der Waals surface area contributed by atoms with Crippen LogP contribution in [0.1, 0.15) is 15.6 Å². The highest BCUT2D eigenvalue weighted by molar-refractivity contribution is 7.17. The van der Waals surface area contributed by atoms with Gasteiger partial charge in [0.1, 0.15) is 5.82 Å². The van der Waals surface area contributed by atoms with Crippen LogP contribution in [0.5, 0.6) is 0 Å². The van der Waals surface area contributed by atoms with Crippen LogP contribution in [0.15, 0.2) is 12.4 Å². The zero-order chi connectivity index (χ0) is 11.5. The van der Waals surface area contributed by atoms with Crippen molar-refractivity contribution in [1.29, 1.82) is 0 Å². The average Bonchev–Trinajstić information content (AvgIpc) is 2.88. The highest BCUT2D eigenvalue weighted by Crippen LogP contribution is 2.16. The van der Waals surface area contributed by atoms with Crippen molar-refractivity contribution in [2.75, 3.05) is 7.05 Å². The molecule has 2 aromatic rings. The fraction of sp³-hybridized carbons (Fsp3) is 0.250. The number of carbonyl (C=O) groups is 1. The maximum absolute atomic E-state index is 11.8. The third kappa shape index (κ3) is 2.37. The summed E-state index contributed by atoms with van der Waals surface area (Å²) in [5.41, 5.74) is 0. The van der Waals surface area contributed by atoms with E-state index < -0.39 is 0 Å². The summed E-state index contributed by atoms with van der Waals surface area (Å²) in [6.45, 7) is 0.392. The van der Waals surface area contributed by atoms with Gasteiger partial charge in [0.25, 0.3) is 5.91 Å². The Morgan fingerprint density at radius 1 is 1.62 bits per heavy atom. The smallest absolute Gasteiger partial charge is 0.285 e. The molecule has 1 N–H and O–H groups in total. The van der Waals surface area contributed by atoms with Gasteiger partial charge in [-0.2, -0.15) is 0 Å². The van der Waals surface area contributed by atoms with Crippen molar-refractivity contribution >= 4 is 28.8 Å². The lowest BCUT2D eigenvalue weighted by molar-refractivity contribution is 0.0780.